The Morgan fingerprint density at radius 3 is 2.75 bits per heavy atom. The zero-order valence-corrected chi connectivity index (χ0v) is 12.0. The van der Waals surface area contributed by atoms with Crippen molar-refractivity contribution in [1.29, 1.82) is 0 Å². The second-order valence-electron chi connectivity index (χ2n) is 5.83. The van der Waals surface area contributed by atoms with Gasteiger partial charge in [-0.25, -0.2) is 0 Å². The van der Waals surface area contributed by atoms with Crippen LogP contribution in [0.3, 0.4) is 0 Å². The quantitative estimate of drug-likeness (QED) is 0.878. The lowest BCUT2D eigenvalue weighted by Crippen LogP contribution is -2.37. The first-order valence-electron chi connectivity index (χ1n) is 7.22. The minimum absolute atomic E-state index is 0.0810. The third-order valence-electron chi connectivity index (χ3n) is 4.28. The van der Waals surface area contributed by atoms with Gasteiger partial charge in [0.25, 0.3) is 5.56 Å². The summed E-state index contributed by atoms with van der Waals surface area (Å²) in [7, 11) is 1.67. The van der Waals surface area contributed by atoms with Crippen LogP contribution < -0.4 is 16.6 Å². The van der Waals surface area contributed by atoms with Gasteiger partial charge in [-0.2, -0.15) is 0 Å². The number of anilines is 1. The van der Waals surface area contributed by atoms with E-state index in [4.69, 9.17) is 5.73 Å². The molecule has 1 aromatic heterocycles. The maximum Gasteiger partial charge on any atom is 0.274 e. The van der Waals surface area contributed by atoms with Gasteiger partial charge in [-0.05, 0) is 36.9 Å². The van der Waals surface area contributed by atoms with Crippen molar-refractivity contribution < 1.29 is 4.79 Å². The summed E-state index contributed by atoms with van der Waals surface area (Å²) in [6.45, 7) is 0.535. The monoisotopic (exact) mass is 277 g/mol. The molecule has 2 rings (SSSR count). The van der Waals surface area contributed by atoms with Crippen LogP contribution in [-0.2, 0) is 11.8 Å². The predicted octanol–water partition coefficient (Wildman–Crippen LogP) is 1.62. The molecule has 0 bridgehead atoms. The molecule has 0 radical (unpaired) electrons. The highest BCUT2D eigenvalue weighted by Gasteiger charge is 2.33. The molecule has 0 spiro atoms. The largest absolute Gasteiger partial charge is 0.330 e. The topological polar surface area (TPSA) is 77.1 Å². The number of nitrogens with one attached hydrogen (secondary N) is 1. The van der Waals surface area contributed by atoms with Crippen LogP contribution in [0.15, 0.2) is 23.1 Å². The predicted molar refractivity (Wildman–Crippen MR) is 79.5 cm³/mol. The van der Waals surface area contributed by atoms with Crippen molar-refractivity contribution in [3.05, 3.63) is 28.7 Å². The number of pyridine rings is 1. The van der Waals surface area contributed by atoms with Gasteiger partial charge in [-0.3, -0.25) is 9.59 Å². The fourth-order valence-electron chi connectivity index (χ4n) is 2.98. The average molecular weight is 277 g/mol. The van der Waals surface area contributed by atoms with Gasteiger partial charge in [0.05, 0.1) is 0 Å². The molecule has 0 aliphatic heterocycles. The third-order valence-corrected chi connectivity index (χ3v) is 4.28. The van der Waals surface area contributed by atoms with E-state index in [-0.39, 0.29) is 16.9 Å². The van der Waals surface area contributed by atoms with Crippen molar-refractivity contribution in [2.24, 2.45) is 18.2 Å². The van der Waals surface area contributed by atoms with E-state index in [2.05, 4.69) is 5.32 Å². The summed E-state index contributed by atoms with van der Waals surface area (Å²) >= 11 is 0. The van der Waals surface area contributed by atoms with Crippen molar-refractivity contribution in [3.63, 3.8) is 0 Å². The Balaban J connectivity index is 2.05. The number of hydrogen-bond acceptors (Lipinski definition) is 3. The number of nitrogens with zero attached hydrogens (tertiary/aromatic N) is 1. The number of nitrogens with two attached hydrogens (primary N) is 1. The molecule has 110 valence electrons. The smallest absolute Gasteiger partial charge is 0.274 e. The van der Waals surface area contributed by atoms with E-state index in [0.29, 0.717) is 18.7 Å². The summed E-state index contributed by atoms with van der Waals surface area (Å²) in [6, 6.07) is 3.38. The van der Waals surface area contributed by atoms with Crippen molar-refractivity contribution >= 4 is 11.6 Å². The van der Waals surface area contributed by atoms with Gasteiger partial charge >= 0.3 is 0 Å². The molecule has 0 saturated heterocycles. The lowest BCUT2D eigenvalue weighted by Gasteiger charge is -2.35. The molecule has 1 heterocycles. The van der Waals surface area contributed by atoms with Gasteiger partial charge in [-0.15, -0.1) is 0 Å². The van der Waals surface area contributed by atoms with Crippen LogP contribution >= 0.6 is 0 Å². The van der Waals surface area contributed by atoms with Crippen LogP contribution in [-0.4, -0.2) is 17.0 Å². The van der Waals surface area contributed by atoms with Gasteiger partial charge in [0.1, 0.15) is 5.69 Å². The molecule has 1 aliphatic carbocycles. The second-order valence-corrected chi connectivity index (χ2v) is 5.83. The minimum atomic E-state index is -0.189. The highest BCUT2D eigenvalue weighted by atomic mass is 16.2. The van der Waals surface area contributed by atoms with Gasteiger partial charge in [0.15, 0.2) is 0 Å². The number of carbonyl (C=O) groups is 1. The Kier molecular flexibility index (Phi) is 4.60. The van der Waals surface area contributed by atoms with Gasteiger partial charge in [0, 0.05) is 19.7 Å². The highest BCUT2D eigenvalue weighted by Crippen LogP contribution is 2.38. The molecule has 0 aromatic carbocycles. The van der Waals surface area contributed by atoms with Crippen molar-refractivity contribution in [2.45, 2.75) is 38.5 Å². The summed E-state index contributed by atoms with van der Waals surface area (Å²) < 4.78 is 1.45. The van der Waals surface area contributed by atoms with Crippen molar-refractivity contribution in [1.82, 2.24) is 4.57 Å². The Morgan fingerprint density at radius 2 is 2.10 bits per heavy atom. The highest BCUT2D eigenvalue weighted by molar-refractivity contribution is 5.90. The van der Waals surface area contributed by atoms with Crippen LogP contribution in [0.4, 0.5) is 5.69 Å². The standard InChI is InChI=1S/C15H23N3O2/c1-18-9-5-6-12(14(18)20)17-13(19)10-15(11-16)7-3-2-4-8-15/h5-6,9H,2-4,7-8,10-11,16H2,1H3,(H,17,19). The van der Waals surface area contributed by atoms with Crippen LogP contribution in [0.2, 0.25) is 0 Å². The van der Waals surface area contributed by atoms with E-state index in [0.717, 1.165) is 25.7 Å². The maximum atomic E-state index is 12.2. The van der Waals surface area contributed by atoms with Gasteiger partial charge < -0.3 is 15.6 Å². The van der Waals surface area contributed by atoms with E-state index in [1.54, 1.807) is 25.4 Å². The molecular formula is C15H23N3O2. The van der Waals surface area contributed by atoms with E-state index in [9.17, 15) is 9.59 Å². The number of hydrogen-bond donors (Lipinski definition) is 2. The van der Waals surface area contributed by atoms with Crippen molar-refractivity contribution in [2.75, 3.05) is 11.9 Å². The Morgan fingerprint density at radius 1 is 1.40 bits per heavy atom. The molecule has 0 unspecified atom stereocenters. The molecule has 1 saturated carbocycles. The van der Waals surface area contributed by atoms with Gasteiger partial charge in [-0.1, -0.05) is 19.3 Å². The molecule has 5 heteroatoms. The van der Waals surface area contributed by atoms with Crippen LogP contribution in [0.1, 0.15) is 38.5 Å². The molecule has 0 atom stereocenters. The SMILES string of the molecule is Cn1cccc(NC(=O)CC2(CN)CCCCC2)c1=O. The molecule has 5 nitrogen and oxygen atoms in total. The molecule has 20 heavy (non-hydrogen) atoms. The summed E-state index contributed by atoms with van der Waals surface area (Å²) in [5.74, 6) is -0.111. The molecule has 1 fully saturated rings. The zero-order valence-electron chi connectivity index (χ0n) is 12.0. The third kappa shape index (κ3) is 3.28. The number of aryl methyl sites for hydroxylation is 1. The van der Waals surface area contributed by atoms with Crippen LogP contribution in [0.5, 0.6) is 0 Å². The number of amides is 1. The van der Waals surface area contributed by atoms with Gasteiger partial charge in [0.2, 0.25) is 5.91 Å². The normalized spacial score (nSPS) is 17.7. The molecule has 1 amide bonds. The van der Waals surface area contributed by atoms with E-state index < -0.39 is 0 Å². The summed E-state index contributed by atoms with van der Waals surface area (Å²) in [4.78, 5) is 24.1. The van der Waals surface area contributed by atoms with Crippen LogP contribution in [0, 0.1) is 5.41 Å². The maximum absolute atomic E-state index is 12.2. The second kappa shape index (κ2) is 6.22. The Labute approximate surface area is 119 Å². The molecule has 1 aromatic rings. The first-order chi connectivity index (χ1) is 9.56. The minimum Gasteiger partial charge on any atom is -0.330 e. The summed E-state index contributed by atoms with van der Waals surface area (Å²) in [5, 5.41) is 2.73. The average Bonchev–Trinajstić information content (AvgIpc) is 2.45. The summed E-state index contributed by atoms with van der Waals surface area (Å²) in [5.41, 5.74) is 5.95. The fourth-order valence-corrected chi connectivity index (χ4v) is 2.98. The lowest BCUT2D eigenvalue weighted by molar-refractivity contribution is -0.118. The zero-order chi connectivity index (χ0) is 14.6. The first kappa shape index (κ1) is 14.8. The van der Waals surface area contributed by atoms with Crippen molar-refractivity contribution in [3.8, 4) is 0 Å². The first-order valence-corrected chi connectivity index (χ1v) is 7.22. The van der Waals surface area contributed by atoms with E-state index in [1.165, 1.54) is 11.0 Å². The Hall–Kier alpha value is -1.62. The Bertz CT molecular complexity index is 530. The number of carbonyl (C=O) groups excluding carboxylic acids is 1. The lowest BCUT2D eigenvalue weighted by atomic mass is 9.71. The number of rotatable bonds is 4. The molecule has 3 N–H and O–H groups in total. The summed E-state index contributed by atoms with van der Waals surface area (Å²) in [6.07, 6.45) is 7.58. The van der Waals surface area contributed by atoms with E-state index >= 15 is 0 Å². The molecular weight excluding hydrogens is 254 g/mol. The fraction of sp³-hybridized carbons (Fsp3) is 0.600. The van der Waals surface area contributed by atoms with E-state index in [1.807, 2.05) is 0 Å². The van der Waals surface area contributed by atoms with Crippen LogP contribution in [0.25, 0.3) is 0 Å². The number of aromatic nitrogens is 1. The molecule has 1 aliphatic rings.